The minimum atomic E-state index is -0.364. The number of hydrogen-bond donors (Lipinski definition) is 2. The molecule has 2 rings (SSSR count). The van der Waals surface area contributed by atoms with Crippen molar-refractivity contribution in [3.63, 3.8) is 0 Å². The summed E-state index contributed by atoms with van der Waals surface area (Å²) in [6.45, 7) is 5.05. The van der Waals surface area contributed by atoms with E-state index < -0.39 is 0 Å². The first kappa shape index (κ1) is 23.1. The molecule has 1 fully saturated rings. The zero-order valence-electron chi connectivity index (χ0n) is 17.7. The first-order valence-electron chi connectivity index (χ1n) is 10.5. The molecular weight excluding hydrogens is 370 g/mol. The van der Waals surface area contributed by atoms with Crippen LogP contribution in [0.15, 0.2) is 29.3 Å². The van der Waals surface area contributed by atoms with Crippen LogP contribution in [-0.4, -0.2) is 68.8 Å². The summed E-state index contributed by atoms with van der Waals surface area (Å²) in [5, 5.41) is 17.6. The van der Waals surface area contributed by atoms with Gasteiger partial charge in [-0.2, -0.15) is 0 Å². The van der Waals surface area contributed by atoms with Crippen molar-refractivity contribution in [2.45, 2.75) is 44.6 Å². The number of unbranched alkanes of at least 4 members (excludes halogenated alkanes) is 1. The number of nitro benzene ring substituents is 1. The Morgan fingerprint density at radius 1 is 1.24 bits per heavy atom. The average Bonchev–Trinajstić information content (AvgIpc) is 2.74. The number of nitro groups is 1. The molecule has 0 aromatic heterocycles. The second-order valence-corrected chi connectivity index (χ2v) is 7.49. The smallest absolute Gasteiger partial charge is 0.269 e. The number of nitrogens with one attached hydrogen (secondary N) is 2. The number of likely N-dealkylation sites (tertiary alicyclic amines) is 1. The minimum Gasteiger partial charge on any atom is -0.385 e. The van der Waals surface area contributed by atoms with Crippen LogP contribution in [0.4, 0.5) is 5.69 Å². The summed E-state index contributed by atoms with van der Waals surface area (Å²) in [4.78, 5) is 17.2. The van der Waals surface area contributed by atoms with Gasteiger partial charge in [-0.15, -0.1) is 0 Å². The van der Waals surface area contributed by atoms with E-state index in [0.717, 1.165) is 82.8 Å². The van der Waals surface area contributed by atoms with Gasteiger partial charge in [0.25, 0.3) is 5.69 Å². The van der Waals surface area contributed by atoms with Crippen LogP contribution in [0.25, 0.3) is 0 Å². The molecule has 1 saturated heterocycles. The van der Waals surface area contributed by atoms with Crippen LogP contribution in [0.1, 0.15) is 37.7 Å². The van der Waals surface area contributed by atoms with E-state index in [4.69, 9.17) is 4.74 Å². The molecule has 0 atom stereocenters. The molecule has 1 aliphatic heterocycles. The van der Waals surface area contributed by atoms with Crippen LogP contribution >= 0.6 is 0 Å². The van der Waals surface area contributed by atoms with Gasteiger partial charge >= 0.3 is 0 Å². The number of piperidine rings is 1. The third-order valence-corrected chi connectivity index (χ3v) is 5.31. The van der Waals surface area contributed by atoms with Gasteiger partial charge in [0.05, 0.1) is 4.92 Å². The number of rotatable bonds is 11. The number of nitrogens with zero attached hydrogens (tertiary/aromatic N) is 3. The number of aliphatic imine (C=N–C) groups is 1. The number of non-ortho nitro benzene ring substituents is 1. The van der Waals surface area contributed by atoms with Gasteiger partial charge in [0, 0.05) is 65.1 Å². The Balaban J connectivity index is 1.58. The molecule has 8 heteroatoms. The topological polar surface area (TPSA) is 92.0 Å². The summed E-state index contributed by atoms with van der Waals surface area (Å²) in [5.74, 6) is 0.873. The highest BCUT2D eigenvalue weighted by Gasteiger charge is 2.19. The lowest BCUT2D eigenvalue weighted by atomic mass is 10.1. The molecule has 0 aliphatic carbocycles. The van der Waals surface area contributed by atoms with Crippen LogP contribution in [0, 0.1) is 10.1 Å². The van der Waals surface area contributed by atoms with E-state index in [1.54, 1.807) is 19.2 Å². The molecule has 1 aromatic carbocycles. The van der Waals surface area contributed by atoms with Crippen LogP contribution in [0.3, 0.4) is 0 Å². The van der Waals surface area contributed by atoms with E-state index in [9.17, 15) is 10.1 Å². The highest BCUT2D eigenvalue weighted by Crippen LogP contribution is 2.13. The molecule has 0 saturated carbocycles. The van der Waals surface area contributed by atoms with Gasteiger partial charge in [0.2, 0.25) is 0 Å². The number of methoxy groups -OCH3 is 1. The van der Waals surface area contributed by atoms with Crippen molar-refractivity contribution in [1.82, 2.24) is 15.5 Å². The SMILES string of the molecule is CN=C(NCCCCc1ccc([N+](=O)[O-])cc1)NC1CCN(CCCOC)CC1. The van der Waals surface area contributed by atoms with E-state index in [1.165, 1.54) is 0 Å². The summed E-state index contributed by atoms with van der Waals surface area (Å²) in [6.07, 6.45) is 6.34. The van der Waals surface area contributed by atoms with Gasteiger partial charge in [0.1, 0.15) is 0 Å². The van der Waals surface area contributed by atoms with E-state index in [2.05, 4.69) is 20.5 Å². The fourth-order valence-corrected chi connectivity index (χ4v) is 3.57. The standard InChI is InChI=1S/C21H35N5O3/c1-22-21(24-19-11-15-25(16-12-19)14-5-17-29-2)23-13-4-3-6-18-7-9-20(10-8-18)26(27)28/h7-10,19H,3-6,11-17H2,1-2H3,(H2,22,23,24). The molecule has 0 bridgehead atoms. The van der Waals surface area contributed by atoms with Gasteiger partial charge in [-0.3, -0.25) is 15.1 Å². The molecule has 1 aliphatic rings. The van der Waals surface area contributed by atoms with E-state index in [-0.39, 0.29) is 10.6 Å². The normalized spacial score (nSPS) is 16.0. The monoisotopic (exact) mass is 405 g/mol. The Labute approximate surface area is 173 Å². The molecule has 162 valence electrons. The Hall–Kier alpha value is -2.19. The third-order valence-electron chi connectivity index (χ3n) is 5.31. The summed E-state index contributed by atoms with van der Waals surface area (Å²) in [7, 11) is 3.57. The maximum atomic E-state index is 10.7. The molecule has 29 heavy (non-hydrogen) atoms. The van der Waals surface area contributed by atoms with E-state index >= 15 is 0 Å². The van der Waals surface area contributed by atoms with Crippen molar-refractivity contribution in [2.75, 3.05) is 46.9 Å². The zero-order valence-corrected chi connectivity index (χ0v) is 17.7. The van der Waals surface area contributed by atoms with Crippen molar-refractivity contribution in [2.24, 2.45) is 4.99 Å². The Morgan fingerprint density at radius 3 is 2.59 bits per heavy atom. The lowest BCUT2D eigenvalue weighted by Crippen LogP contribution is -2.49. The zero-order chi connectivity index (χ0) is 20.9. The Morgan fingerprint density at radius 2 is 1.97 bits per heavy atom. The van der Waals surface area contributed by atoms with Crippen LogP contribution < -0.4 is 10.6 Å². The first-order valence-corrected chi connectivity index (χ1v) is 10.5. The fraction of sp³-hybridized carbons (Fsp3) is 0.667. The molecular formula is C21H35N5O3. The van der Waals surface area contributed by atoms with E-state index in [0.29, 0.717) is 6.04 Å². The van der Waals surface area contributed by atoms with Gasteiger partial charge in [-0.1, -0.05) is 12.1 Å². The lowest BCUT2D eigenvalue weighted by Gasteiger charge is -2.33. The predicted octanol–water partition coefficient (Wildman–Crippen LogP) is 2.58. The largest absolute Gasteiger partial charge is 0.385 e. The fourth-order valence-electron chi connectivity index (χ4n) is 3.57. The first-order chi connectivity index (χ1) is 14.1. The summed E-state index contributed by atoms with van der Waals surface area (Å²) >= 11 is 0. The minimum absolute atomic E-state index is 0.145. The van der Waals surface area contributed by atoms with Crippen LogP contribution in [0.5, 0.6) is 0 Å². The number of hydrogen-bond acceptors (Lipinski definition) is 5. The molecule has 2 N–H and O–H groups in total. The van der Waals surface area contributed by atoms with Crippen molar-refractivity contribution in [3.05, 3.63) is 39.9 Å². The van der Waals surface area contributed by atoms with Crippen LogP contribution in [-0.2, 0) is 11.2 Å². The number of aryl methyl sites for hydroxylation is 1. The summed E-state index contributed by atoms with van der Waals surface area (Å²) in [5.41, 5.74) is 1.28. The Kier molecular flexibility index (Phi) is 10.4. The summed E-state index contributed by atoms with van der Waals surface area (Å²) < 4.78 is 5.13. The Bertz CT molecular complexity index is 628. The summed E-state index contributed by atoms with van der Waals surface area (Å²) in [6, 6.07) is 7.30. The average molecular weight is 406 g/mol. The second-order valence-electron chi connectivity index (χ2n) is 7.49. The quantitative estimate of drug-likeness (QED) is 0.193. The van der Waals surface area contributed by atoms with Gasteiger partial charge < -0.3 is 20.3 Å². The van der Waals surface area contributed by atoms with Gasteiger partial charge in [-0.05, 0) is 44.1 Å². The highest BCUT2D eigenvalue weighted by molar-refractivity contribution is 5.79. The number of guanidine groups is 1. The van der Waals surface area contributed by atoms with Gasteiger partial charge in [0.15, 0.2) is 5.96 Å². The maximum Gasteiger partial charge on any atom is 0.269 e. The molecule has 8 nitrogen and oxygen atoms in total. The second kappa shape index (κ2) is 13.1. The lowest BCUT2D eigenvalue weighted by molar-refractivity contribution is -0.384. The van der Waals surface area contributed by atoms with Crippen molar-refractivity contribution >= 4 is 11.6 Å². The number of benzene rings is 1. The van der Waals surface area contributed by atoms with Crippen LogP contribution in [0.2, 0.25) is 0 Å². The number of ether oxygens (including phenoxy) is 1. The van der Waals surface area contributed by atoms with E-state index in [1.807, 2.05) is 19.2 Å². The highest BCUT2D eigenvalue weighted by atomic mass is 16.6. The maximum absolute atomic E-state index is 10.7. The molecule has 0 amide bonds. The third kappa shape index (κ3) is 8.79. The molecule has 1 aromatic rings. The van der Waals surface area contributed by atoms with Crippen molar-refractivity contribution < 1.29 is 9.66 Å². The molecule has 0 radical (unpaired) electrons. The molecule has 1 heterocycles. The van der Waals surface area contributed by atoms with Crippen molar-refractivity contribution in [3.8, 4) is 0 Å². The van der Waals surface area contributed by atoms with Gasteiger partial charge in [-0.25, -0.2) is 0 Å². The predicted molar refractivity (Wildman–Crippen MR) is 116 cm³/mol. The van der Waals surface area contributed by atoms with Crippen molar-refractivity contribution in [1.29, 1.82) is 0 Å². The molecule has 0 spiro atoms. The molecule has 0 unspecified atom stereocenters.